The number of fused-ring (bicyclic) bond motifs is 2. The highest BCUT2D eigenvalue weighted by atomic mass is 19.1. The van der Waals surface area contributed by atoms with E-state index in [0.29, 0.717) is 11.1 Å². The molecule has 5 nitrogen and oxygen atoms in total. The molecule has 2 aromatic rings. The topological polar surface area (TPSA) is 65.5 Å². The van der Waals surface area contributed by atoms with Gasteiger partial charge in [0.25, 0.3) is 5.91 Å². The first-order valence-corrected chi connectivity index (χ1v) is 8.45. The minimum absolute atomic E-state index is 0.00760. The van der Waals surface area contributed by atoms with E-state index in [1.165, 1.54) is 11.0 Å². The standard InChI is InChI=1S/C19H20FN3O2/c1-23(7-8-24)18(25)14-4-2-3-13(16(14)20)12-9-15-17(21-10-12)22-11-19(15)5-6-19/h2-4,9-10,24H,5-8,11H2,1H3,(H,21,22). The summed E-state index contributed by atoms with van der Waals surface area (Å²) in [4.78, 5) is 18.1. The Labute approximate surface area is 145 Å². The maximum absolute atomic E-state index is 15.0. The summed E-state index contributed by atoms with van der Waals surface area (Å²) in [6.45, 7) is 0.899. The number of hydrogen-bond acceptors (Lipinski definition) is 4. The van der Waals surface area contributed by atoms with Gasteiger partial charge in [-0.2, -0.15) is 0 Å². The van der Waals surface area contributed by atoms with E-state index < -0.39 is 11.7 Å². The van der Waals surface area contributed by atoms with Gasteiger partial charge in [-0.05, 0) is 25.0 Å². The second kappa shape index (κ2) is 5.81. The summed E-state index contributed by atoms with van der Waals surface area (Å²) >= 11 is 0. The number of rotatable bonds is 4. The number of likely N-dealkylation sites (N-methyl/N-ethyl adjacent to an activating group) is 1. The van der Waals surface area contributed by atoms with Gasteiger partial charge in [0, 0.05) is 48.4 Å². The zero-order valence-corrected chi connectivity index (χ0v) is 14.1. The van der Waals surface area contributed by atoms with E-state index in [-0.39, 0.29) is 24.1 Å². The van der Waals surface area contributed by atoms with Gasteiger partial charge < -0.3 is 15.3 Å². The molecule has 0 unspecified atom stereocenters. The van der Waals surface area contributed by atoms with Crippen molar-refractivity contribution in [2.75, 3.05) is 32.1 Å². The number of pyridine rings is 1. The molecule has 1 fully saturated rings. The van der Waals surface area contributed by atoms with Gasteiger partial charge in [-0.3, -0.25) is 4.79 Å². The minimum Gasteiger partial charge on any atom is -0.395 e. The van der Waals surface area contributed by atoms with Crippen LogP contribution in [0.5, 0.6) is 0 Å². The Kier molecular flexibility index (Phi) is 3.72. The fourth-order valence-electron chi connectivity index (χ4n) is 3.48. The van der Waals surface area contributed by atoms with E-state index in [1.807, 2.05) is 6.07 Å². The van der Waals surface area contributed by atoms with Crippen molar-refractivity contribution in [3.63, 3.8) is 0 Å². The Bertz CT molecular complexity index is 849. The number of amides is 1. The second-order valence-electron chi connectivity index (χ2n) is 6.87. The van der Waals surface area contributed by atoms with Gasteiger partial charge >= 0.3 is 0 Å². The predicted octanol–water partition coefficient (Wildman–Crippen LogP) is 2.41. The smallest absolute Gasteiger partial charge is 0.256 e. The van der Waals surface area contributed by atoms with E-state index in [1.54, 1.807) is 25.4 Å². The quantitative estimate of drug-likeness (QED) is 0.896. The van der Waals surface area contributed by atoms with Crippen LogP contribution in [0.3, 0.4) is 0 Å². The molecule has 1 amide bonds. The summed E-state index contributed by atoms with van der Waals surface area (Å²) in [5.41, 5.74) is 2.39. The van der Waals surface area contributed by atoms with Crippen LogP contribution in [0.25, 0.3) is 11.1 Å². The molecular weight excluding hydrogens is 321 g/mol. The largest absolute Gasteiger partial charge is 0.395 e. The Hall–Kier alpha value is -2.47. The second-order valence-corrected chi connectivity index (χ2v) is 6.87. The van der Waals surface area contributed by atoms with Crippen LogP contribution >= 0.6 is 0 Å². The number of carbonyl (C=O) groups excluding carboxylic acids is 1. The summed E-state index contributed by atoms with van der Waals surface area (Å²) in [6, 6.07) is 6.82. The van der Waals surface area contributed by atoms with Gasteiger partial charge in [0.2, 0.25) is 0 Å². The number of aliphatic hydroxyl groups excluding tert-OH is 1. The first-order valence-electron chi connectivity index (χ1n) is 8.45. The molecule has 1 saturated carbocycles. The number of nitrogens with one attached hydrogen (secondary N) is 1. The van der Waals surface area contributed by atoms with Crippen molar-refractivity contribution in [1.82, 2.24) is 9.88 Å². The molecule has 1 aliphatic carbocycles. The highest BCUT2D eigenvalue weighted by Crippen LogP contribution is 2.54. The Morgan fingerprint density at radius 3 is 2.96 bits per heavy atom. The number of hydrogen-bond donors (Lipinski definition) is 2. The first kappa shape index (κ1) is 16.0. The van der Waals surface area contributed by atoms with Gasteiger partial charge in [0.1, 0.15) is 11.6 Å². The molecule has 2 aliphatic rings. The Morgan fingerprint density at radius 1 is 1.44 bits per heavy atom. The molecule has 0 radical (unpaired) electrons. The molecule has 4 rings (SSSR count). The van der Waals surface area contributed by atoms with Crippen LogP contribution in [0.4, 0.5) is 10.2 Å². The zero-order chi connectivity index (χ0) is 17.6. The van der Waals surface area contributed by atoms with Crippen molar-refractivity contribution in [2.24, 2.45) is 0 Å². The van der Waals surface area contributed by atoms with Crippen LogP contribution in [0.1, 0.15) is 28.8 Å². The highest BCUT2D eigenvalue weighted by Gasteiger charge is 2.49. The van der Waals surface area contributed by atoms with Crippen molar-refractivity contribution in [3.05, 3.63) is 47.4 Å². The average Bonchev–Trinajstić information content (AvgIpc) is 3.32. The lowest BCUT2D eigenvalue weighted by Gasteiger charge is -2.17. The molecule has 1 aromatic carbocycles. The Balaban J connectivity index is 1.73. The van der Waals surface area contributed by atoms with E-state index in [4.69, 9.17) is 5.11 Å². The highest BCUT2D eigenvalue weighted by molar-refractivity contribution is 5.95. The third-order valence-electron chi connectivity index (χ3n) is 5.23. The van der Waals surface area contributed by atoms with Crippen LogP contribution in [0, 0.1) is 5.82 Å². The van der Waals surface area contributed by atoms with Crippen molar-refractivity contribution >= 4 is 11.7 Å². The van der Waals surface area contributed by atoms with Crippen LogP contribution in [0.2, 0.25) is 0 Å². The van der Waals surface area contributed by atoms with Crippen LogP contribution < -0.4 is 5.32 Å². The lowest BCUT2D eigenvalue weighted by Crippen LogP contribution is -2.30. The fraction of sp³-hybridized carbons (Fsp3) is 0.368. The maximum atomic E-state index is 15.0. The number of halogens is 1. The zero-order valence-electron chi connectivity index (χ0n) is 14.1. The summed E-state index contributed by atoms with van der Waals surface area (Å²) in [6.07, 6.45) is 3.91. The molecule has 1 spiro atoms. The summed E-state index contributed by atoms with van der Waals surface area (Å²) in [5, 5.41) is 12.3. The van der Waals surface area contributed by atoms with Crippen LogP contribution in [0.15, 0.2) is 30.5 Å². The van der Waals surface area contributed by atoms with E-state index in [0.717, 1.165) is 30.8 Å². The maximum Gasteiger partial charge on any atom is 0.256 e. The molecule has 6 heteroatoms. The first-order chi connectivity index (χ1) is 12.1. The van der Waals surface area contributed by atoms with Gasteiger partial charge in [0.15, 0.2) is 0 Å². The lowest BCUT2D eigenvalue weighted by atomic mass is 9.96. The minimum atomic E-state index is -0.546. The van der Waals surface area contributed by atoms with Gasteiger partial charge in [0.05, 0.1) is 12.2 Å². The summed E-state index contributed by atoms with van der Waals surface area (Å²) in [7, 11) is 1.55. The molecule has 0 saturated heterocycles. The van der Waals surface area contributed by atoms with Gasteiger partial charge in [-0.25, -0.2) is 9.37 Å². The molecule has 2 N–H and O–H groups in total. The van der Waals surface area contributed by atoms with E-state index >= 15 is 4.39 Å². The van der Waals surface area contributed by atoms with Gasteiger partial charge in [-0.15, -0.1) is 0 Å². The monoisotopic (exact) mass is 341 g/mol. The molecule has 0 bridgehead atoms. The van der Waals surface area contributed by atoms with Crippen molar-refractivity contribution < 1.29 is 14.3 Å². The molecule has 1 aliphatic heterocycles. The van der Waals surface area contributed by atoms with Crippen LogP contribution in [-0.2, 0) is 5.41 Å². The molecule has 1 aromatic heterocycles. The number of aliphatic hydroxyl groups is 1. The summed E-state index contributed by atoms with van der Waals surface area (Å²) in [5.74, 6) is -0.103. The van der Waals surface area contributed by atoms with Crippen molar-refractivity contribution in [2.45, 2.75) is 18.3 Å². The average molecular weight is 341 g/mol. The molecule has 25 heavy (non-hydrogen) atoms. The van der Waals surface area contributed by atoms with Crippen molar-refractivity contribution in [3.8, 4) is 11.1 Å². The number of carbonyl (C=O) groups is 1. The van der Waals surface area contributed by atoms with E-state index in [2.05, 4.69) is 10.3 Å². The summed E-state index contributed by atoms with van der Waals surface area (Å²) < 4.78 is 15.0. The third-order valence-corrected chi connectivity index (χ3v) is 5.23. The SMILES string of the molecule is CN(CCO)C(=O)c1cccc(-c2cnc3c(c2)C2(CC2)CN3)c1F. The van der Waals surface area contributed by atoms with Crippen LogP contribution in [-0.4, -0.2) is 47.6 Å². The third kappa shape index (κ3) is 2.57. The van der Waals surface area contributed by atoms with Gasteiger partial charge in [-0.1, -0.05) is 12.1 Å². The molecule has 130 valence electrons. The number of nitrogens with zero attached hydrogens (tertiary/aromatic N) is 2. The number of benzene rings is 1. The lowest BCUT2D eigenvalue weighted by molar-refractivity contribution is 0.0762. The molecule has 0 atom stereocenters. The molecule has 2 heterocycles. The Morgan fingerprint density at radius 2 is 2.24 bits per heavy atom. The predicted molar refractivity (Wildman–Crippen MR) is 93.1 cm³/mol. The fourth-order valence-corrected chi connectivity index (χ4v) is 3.48. The normalized spacial score (nSPS) is 16.4. The number of aromatic nitrogens is 1. The molecular formula is C19H20FN3O2. The van der Waals surface area contributed by atoms with E-state index in [9.17, 15) is 4.79 Å². The number of anilines is 1. The van der Waals surface area contributed by atoms with Crippen molar-refractivity contribution in [1.29, 1.82) is 0 Å².